The second-order valence-corrected chi connectivity index (χ2v) is 6.96. The van der Waals surface area contributed by atoms with Gasteiger partial charge in [-0.2, -0.15) is 0 Å². The van der Waals surface area contributed by atoms with E-state index >= 15 is 0 Å². The van der Waals surface area contributed by atoms with Crippen molar-refractivity contribution in [3.05, 3.63) is 48.0 Å². The number of hydrogen-bond acceptors (Lipinski definition) is 4. The van der Waals surface area contributed by atoms with E-state index in [9.17, 15) is 9.90 Å². The zero-order valence-corrected chi connectivity index (χ0v) is 15.1. The number of ether oxygens (including phenoxy) is 3. The molecule has 0 aliphatic carbocycles. The minimum Gasteiger partial charge on any atom is -0.493 e. The van der Waals surface area contributed by atoms with E-state index in [1.54, 1.807) is 7.11 Å². The Bertz CT molecular complexity index is 803. The average Bonchev–Trinajstić information content (AvgIpc) is 2.62. The third-order valence-electron chi connectivity index (χ3n) is 4.50. The summed E-state index contributed by atoms with van der Waals surface area (Å²) < 4.78 is 16.6. The third-order valence-corrected chi connectivity index (χ3v) is 4.50. The van der Waals surface area contributed by atoms with E-state index in [-0.39, 0.29) is 18.2 Å². The van der Waals surface area contributed by atoms with Crippen LogP contribution in [0.3, 0.4) is 0 Å². The molecular formula is C20H23NO5. The number of nitrogens with one attached hydrogen (secondary N) is 1. The van der Waals surface area contributed by atoms with E-state index in [2.05, 4.69) is 5.32 Å². The predicted molar refractivity (Wildman–Crippen MR) is 97.6 cm³/mol. The van der Waals surface area contributed by atoms with E-state index in [0.717, 1.165) is 16.7 Å². The molecule has 2 aromatic rings. The highest BCUT2D eigenvalue weighted by molar-refractivity contribution is 5.73. The molecule has 0 spiro atoms. The van der Waals surface area contributed by atoms with Crippen LogP contribution in [0.25, 0.3) is 11.1 Å². The summed E-state index contributed by atoms with van der Waals surface area (Å²) in [5.41, 5.74) is 2.35. The Hall–Kier alpha value is -2.73. The molecule has 6 nitrogen and oxygen atoms in total. The second kappa shape index (κ2) is 7.25. The molecule has 1 amide bonds. The molecule has 2 N–H and O–H groups in total. The number of methoxy groups -OCH3 is 1. The minimum atomic E-state index is -1.04. The summed E-state index contributed by atoms with van der Waals surface area (Å²) in [6.45, 7) is 4.56. The number of fused-ring (bicyclic) bond motifs is 1. The van der Waals surface area contributed by atoms with Gasteiger partial charge in [-0.25, -0.2) is 4.79 Å². The lowest BCUT2D eigenvalue weighted by Gasteiger charge is -2.39. The van der Waals surface area contributed by atoms with Crippen LogP contribution in [0, 0.1) is 5.41 Å². The summed E-state index contributed by atoms with van der Waals surface area (Å²) in [5, 5.41) is 11.8. The molecule has 0 aromatic heterocycles. The molecule has 26 heavy (non-hydrogen) atoms. The molecule has 1 unspecified atom stereocenters. The molecule has 1 aliphatic rings. The smallest absolute Gasteiger partial charge is 0.405 e. The largest absolute Gasteiger partial charge is 0.493 e. The van der Waals surface area contributed by atoms with E-state index in [1.807, 2.05) is 56.3 Å². The van der Waals surface area contributed by atoms with Gasteiger partial charge in [0.2, 0.25) is 0 Å². The van der Waals surface area contributed by atoms with Gasteiger partial charge in [0, 0.05) is 23.7 Å². The lowest BCUT2D eigenvalue weighted by atomic mass is 9.78. The predicted octanol–water partition coefficient (Wildman–Crippen LogP) is 4.06. The van der Waals surface area contributed by atoms with Gasteiger partial charge in [-0.05, 0) is 17.7 Å². The molecule has 138 valence electrons. The van der Waals surface area contributed by atoms with Crippen LogP contribution < -0.4 is 14.8 Å². The first-order chi connectivity index (χ1) is 12.4. The Morgan fingerprint density at radius 3 is 2.81 bits per heavy atom. The van der Waals surface area contributed by atoms with Crippen LogP contribution in [0.5, 0.6) is 11.5 Å². The third kappa shape index (κ3) is 3.60. The average molecular weight is 357 g/mol. The summed E-state index contributed by atoms with van der Waals surface area (Å²) in [6, 6.07) is 13.1. The highest BCUT2D eigenvalue weighted by Gasteiger charge is 2.38. The van der Waals surface area contributed by atoms with Gasteiger partial charge in [-0.3, -0.25) is 0 Å². The highest BCUT2D eigenvalue weighted by Crippen LogP contribution is 2.44. The van der Waals surface area contributed by atoms with Gasteiger partial charge in [0.05, 0.1) is 12.6 Å². The molecule has 1 atom stereocenters. The normalized spacial score (nSPS) is 17.7. The number of para-hydroxylation sites is 1. The summed E-state index contributed by atoms with van der Waals surface area (Å²) in [5.74, 6) is 1.40. The van der Waals surface area contributed by atoms with E-state index in [1.165, 1.54) is 0 Å². The molecule has 6 heteroatoms. The molecule has 0 radical (unpaired) electrons. The molecule has 2 aromatic carbocycles. The van der Waals surface area contributed by atoms with Crippen molar-refractivity contribution in [3.8, 4) is 22.6 Å². The molecule has 1 heterocycles. The summed E-state index contributed by atoms with van der Waals surface area (Å²) in [4.78, 5) is 11.2. The number of hydrogen-bond donors (Lipinski definition) is 2. The minimum absolute atomic E-state index is 0.164. The molecular weight excluding hydrogens is 334 g/mol. The monoisotopic (exact) mass is 357 g/mol. The van der Waals surface area contributed by atoms with Crippen LogP contribution >= 0.6 is 0 Å². The van der Waals surface area contributed by atoms with Crippen LogP contribution in [-0.2, 0) is 4.74 Å². The van der Waals surface area contributed by atoms with E-state index < -0.39 is 6.09 Å². The number of carboxylic acid groups (broad SMARTS) is 1. The lowest BCUT2D eigenvalue weighted by Crippen LogP contribution is -2.43. The van der Waals surface area contributed by atoms with Crippen LogP contribution in [0.4, 0.5) is 4.79 Å². The first kappa shape index (κ1) is 18.1. The van der Waals surface area contributed by atoms with Crippen molar-refractivity contribution in [2.24, 2.45) is 5.41 Å². The second-order valence-electron chi connectivity index (χ2n) is 6.96. The zero-order valence-electron chi connectivity index (χ0n) is 15.1. The molecule has 0 saturated carbocycles. The number of rotatable bonds is 5. The van der Waals surface area contributed by atoms with Crippen molar-refractivity contribution in [2.45, 2.75) is 19.9 Å². The van der Waals surface area contributed by atoms with Crippen molar-refractivity contribution < 1.29 is 24.1 Å². The van der Waals surface area contributed by atoms with Crippen LogP contribution in [0.1, 0.15) is 25.5 Å². The molecule has 0 bridgehead atoms. The van der Waals surface area contributed by atoms with Gasteiger partial charge >= 0.3 is 6.09 Å². The highest BCUT2D eigenvalue weighted by atomic mass is 16.7. The quantitative estimate of drug-likeness (QED) is 0.789. The van der Waals surface area contributed by atoms with Gasteiger partial charge in [0.15, 0.2) is 6.79 Å². The summed E-state index contributed by atoms with van der Waals surface area (Å²) in [6.07, 6.45) is -1.04. The Morgan fingerprint density at radius 2 is 2.08 bits per heavy atom. The van der Waals surface area contributed by atoms with Crippen molar-refractivity contribution >= 4 is 6.09 Å². The molecule has 3 rings (SSSR count). The Labute approximate surface area is 152 Å². The fourth-order valence-corrected chi connectivity index (χ4v) is 3.18. The van der Waals surface area contributed by atoms with Gasteiger partial charge in [0.1, 0.15) is 11.5 Å². The fraction of sp³-hybridized carbons (Fsp3) is 0.350. The van der Waals surface area contributed by atoms with Gasteiger partial charge in [-0.15, -0.1) is 0 Å². The molecule has 0 saturated heterocycles. The molecule has 0 fully saturated rings. The topological polar surface area (TPSA) is 77.0 Å². The first-order valence-corrected chi connectivity index (χ1v) is 8.40. The van der Waals surface area contributed by atoms with E-state index in [0.29, 0.717) is 18.1 Å². The number of amides is 1. The fourth-order valence-electron chi connectivity index (χ4n) is 3.18. The Morgan fingerprint density at radius 1 is 1.31 bits per heavy atom. The number of benzene rings is 2. The van der Waals surface area contributed by atoms with Crippen LogP contribution in [-0.4, -0.2) is 31.7 Å². The van der Waals surface area contributed by atoms with Gasteiger partial charge < -0.3 is 24.6 Å². The lowest BCUT2D eigenvalue weighted by molar-refractivity contribution is 0.0515. The maximum atomic E-state index is 11.2. The van der Waals surface area contributed by atoms with Gasteiger partial charge in [-0.1, -0.05) is 44.2 Å². The SMILES string of the molecule is COCOc1ccccc1-c1ccc2c(c1)OCC(C)(C)C2NC(=O)O. The van der Waals surface area contributed by atoms with Gasteiger partial charge in [0.25, 0.3) is 0 Å². The van der Waals surface area contributed by atoms with E-state index in [4.69, 9.17) is 14.2 Å². The Balaban J connectivity index is 1.99. The summed E-state index contributed by atoms with van der Waals surface area (Å²) >= 11 is 0. The Kier molecular flexibility index (Phi) is 5.04. The maximum Gasteiger partial charge on any atom is 0.405 e. The maximum absolute atomic E-state index is 11.2. The van der Waals surface area contributed by atoms with Crippen molar-refractivity contribution in [3.63, 3.8) is 0 Å². The van der Waals surface area contributed by atoms with Crippen LogP contribution in [0.15, 0.2) is 42.5 Å². The molecule has 1 aliphatic heterocycles. The first-order valence-electron chi connectivity index (χ1n) is 8.40. The number of carbonyl (C=O) groups is 1. The van der Waals surface area contributed by atoms with Crippen molar-refractivity contribution in [1.82, 2.24) is 5.32 Å². The van der Waals surface area contributed by atoms with Crippen molar-refractivity contribution in [2.75, 3.05) is 20.5 Å². The standard InChI is InChI=1S/C20H23NO5/c1-20(2)11-25-17-10-13(8-9-15(17)18(20)21-19(22)23)14-6-4-5-7-16(14)26-12-24-3/h4-10,18,21H,11-12H2,1-3H3,(H,22,23). The van der Waals surface area contributed by atoms with Crippen LogP contribution in [0.2, 0.25) is 0 Å². The van der Waals surface area contributed by atoms with Crippen molar-refractivity contribution in [1.29, 1.82) is 0 Å². The zero-order chi connectivity index (χ0) is 18.7. The summed E-state index contributed by atoms with van der Waals surface area (Å²) in [7, 11) is 1.58.